The summed E-state index contributed by atoms with van der Waals surface area (Å²) in [5.74, 6) is -2.18. The van der Waals surface area contributed by atoms with Gasteiger partial charge in [0.1, 0.15) is 0 Å². The number of rotatable bonds is 3. The van der Waals surface area contributed by atoms with Crippen LogP contribution in [0.25, 0.3) is 0 Å². The topological polar surface area (TPSA) is 27.0 Å². The minimum Gasteiger partial charge on any atom is -0.297 e. The first-order valence-corrected chi connectivity index (χ1v) is 4.98. The van der Waals surface area contributed by atoms with Crippen molar-refractivity contribution in [3.63, 3.8) is 0 Å². The standard InChI is InChI=1S/C10H16F2N2/c1-10(11,12)8-14-6-3-9(2-5-13)4-7-14/h9H,2-4,6-8H2,1H3. The van der Waals surface area contributed by atoms with E-state index in [0.717, 1.165) is 19.8 Å². The minimum absolute atomic E-state index is 0.147. The normalized spacial score (nSPS) is 20.7. The fraction of sp³-hybridized carbons (Fsp3) is 0.900. The number of likely N-dealkylation sites (tertiary alicyclic amines) is 1. The quantitative estimate of drug-likeness (QED) is 0.702. The van der Waals surface area contributed by atoms with Crippen LogP contribution in [0.3, 0.4) is 0 Å². The second-order valence-corrected chi connectivity index (χ2v) is 4.15. The van der Waals surface area contributed by atoms with Crippen molar-refractivity contribution in [3.8, 4) is 6.07 Å². The Hall–Kier alpha value is -0.690. The van der Waals surface area contributed by atoms with E-state index in [9.17, 15) is 8.78 Å². The summed E-state index contributed by atoms with van der Waals surface area (Å²) in [4.78, 5) is 1.79. The van der Waals surface area contributed by atoms with E-state index in [2.05, 4.69) is 6.07 Å². The fourth-order valence-electron chi connectivity index (χ4n) is 1.87. The van der Waals surface area contributed by atoms with Gasteiger partial charge in [0.2, 0.25) is 0 Å². The molecule has 1 saturated heterocycles. The third kappa shape index (κ3) is 4.01. The predicted octanol–water partition coefficient (Wildman–Crippen LogP) is 2.27. The summed E-state index contributed by atoms with van der Waals surface area (Å²) in [7, 11) is 0. The van der Waals surface area contributed by atoms with E-state index in [1.54, 1.807) is 4.90 Å². The number of piperidine rings is 1. The van der Waals surface area contributed by atoms with Gasteiger partial charge in [0, 0.05) is 13.3 Å². The number of hydrogen-bond donors (Lipinski definition) is 0. The molecule has 1 rings (SSSR count). The molecule has 0 bridgehead atoms. The van der Waals surface area contributed by atoms with Crippen LogP contribution in [0, 0.1) is 17.2 Å². The van der Waals surface area contributed by atoms with Gasteiger partial charge in [-0.25, -0.2) is 8.78 Å². The molecule has 4 heteroatoms. The van der Waals surface area contributed by atoms with Crippen molar-refractivity contribution in [2.75, 3.05) is 19.6 Å². The minimum atomic E-state index is -2.60. The Morgan fingerprint density at radius 2 is 2.00 bits per heavy atom. The van der Waals surface area contributed by atoms with E-state index in [4.69, 9.17) is 5.26 Å². The molecule has 0 spiro atoms. The Kier molecular flexibility index (Phi) is 3.82. The van der Waals surface area contributed by atoms with Gasteiger partial charge in [-0.05, 0) is 31.8 Å². The molecule has 0 radical (unpaired) electrons. The number of alkyl halides is 2. The second kappa shape index (κ2) is 4.70. The molecule has 0 unspecified atom stereocenters. The molecular formula is C10H16F2N2. The van der Waals surface area contributed by atoms with Crippen molar-refractivity contribution in [2.45, 2.75) is 32.1 Å². The van der Waals surface area contributed by atoms with Gasteiger partial charge in [0.15, 0.2) is 0 Å². The van der Waals surface area contributed by atoms with Crippen LogP contribution in [-0.4, -0.2) is 30.5 Å². The average molecular weight is 202 g/mol. The molecule has 80 valence electrons. The van der Waals surface area contributed by atoms with Gasteiger partial charge in [-0.3, -0.25) is 4.90 Å². The van der Waals surface area contributed by atoms with E-state index in [0.29, 0.717) is 25.4 Å². The van der Waals surface area contributed by atoms with Gasteiger partial charge in [0.25, 0.3) is 5.92 Å². The highest BCUT2D eigenvalue weighted by Crippen LogP contribution is 2.22. The monoisotopic (exact) mass is 202 g/mol. The van der Waals surface area contributed by atoms with Crippen molar-refractivity contribution in [2.24, 2.45) is 5.92 Å². The summed E-state index contributed by atoms with van der Waals surface area (Å²) >= 11 is 0. The average Bonchev–Trinajstić information content (AvgIpc) is 2.06. The van der Waals surface area contributed by atoms with Gasteiger partial charge in [-0.1, -0.05) is 0 Å². The summed E-state index contributed by atoms with van der Waals surface area (Å²) in [5.41, 5.74) is 0. The first-order chi connectivity index (χ1) is 6.51. The lowest BCUT2D eigenvalue weighted by molar-refractivity contribution is -0.0221. The van der Waals surface area contributed by atoms with Crippen molar-refractivity contribution in [3.05, 3.63) is 0 Å². The molecule has 0 aliphatic carbocycles. The first-order valence-electron chi connectivity index (χ1n) is 4.98. The van der Waals surface area contributed by atoms with Crippen LogP contribution in [0.4, 0.5) is 8.78 Å². The van der Waals surface area contributed by atoms with Crippen molar-refractivity contribution in [1.29, 1.82) is 5.26 Å². The van der Waals surface area contributed by atoms with Crippen LogP contribution >= 0.6 is 0 Å². The van der Waals surface area contributed by atoms with Gasteiger partial charge in [-0.2, -0.15) is 5.26 Å². The Morgan fingerprint density at radius 3 is 2.43 bits per heavy atom. The largest absolute Gasteiger partial charge is 0.297 e. The second-order valence-electron chi connectivity index (χ2n) is 4.15. The molecule has 0 saturated carbocycles. The molecule has 1 heterocycles. The number of nitrogens with zero attached hydrogens (tertiary/aromatic N) is 2. The zero-order valence-electron chi connectivity index (χ0n) is 8.47. The van der Waals surface area contributed by atoms with Gasteiger partial charge < -0.3 is 0 Å². The summed E-state index contributed by atoms with van der Waals surface area (Å²) < 4.78 is 25.3. The molecule has 14 heavy (non-hydrogen) atoms. The molecule has 0 N–H and O–H groups in total. The number of hydrogen-bond acceptors (Lipinski definition) is 2. The maximum absolute atomic E-state index is 12.7. The molecule has 0 atom stereocenters. The zero-order chi connectivity index (χ0) is 10.6. The Morgan fingerprint density at radius 1 is 1.43 bits per heavy atom. The van der Waals surface area contributed by atoms with Crippen LogP contribution in [-0.2, 0) is 0 Å². The lowest BCUT2D eigenvalue weighted by Gasteiger charge is -2.32. The molecule has 0 amide bonds. The molecule has 0 aromatic carbocycles. The van der Waals surface area contributed by atoms with Crippen molar-refractivity contribution in [1.82, 2.24) is 4.90 Å². The summed E-state index contributed by atoms with van der Waals surface area (Å²) in [5, 5.41) is 8.49. The molecule has 0 aromatic rings. The van der Waals surface area contributed by atoms with Crippen LogP contribution < -0.4 is 0 Å². The Balaban J connectivity index is 2.26. The Labute approximate surface area is 83.5 Å². The molecular weight excluding hydrogens is 186 g/mol. The van der Waals surface area contributed by atoms with Crippen LogP contribution in [0.2, 0.25) is 0 Å². The maximum Gasteiger partial charge on any atom is 0.257 e. The lowest BCUT2D eigenvalue weighted by Crippen LogP contribution is -2.40. The summed E-state index contributed by atoms with van der Waals surface area (Å²) in [6.45, 7) is 2.21. The van der Waals surface area contributed by atoms with E-state index in [1.807, 2.05) is 0 Å². The van der Waals surface area contributed by atoms with Crippen molar-refractivity contribution < 1.29 is 8.78 Å². The highest BCUT2D eigenvalue weighted by Gasteiger charge is 2.27. The van der Waals surface area contributed by atoms with Crippen molar-refractivity contribution >= 4 is 0 Å². The third-order valence-electron chi connectivity index (χ3n) is 2.59. The SMILES string of the molecule is CC(F)(F)CN1CCC(CC#N)CC1. The van der Waals surface area contributed by atoms with E-state index < -0.39 is 5.92 Å². The first kappa shape index (κ1) is 11.4. The zero-order valence-corrected chi connectivity index (χ0v) is 8.47. The summed E-state index contributed by atoms with van der Waals surface area (Å²) in [6, 6.07) is 2.13. The third-order valence-corrected chi connectivity index (χ3v) is 2.59. The van der Waals surface area contributed by atoms with E-state index in [-0.39, 0.29) is 6.54 Å². The van der Waals surface area contributed by atoms with Crippen LogP contribution in [0.15, 0.2) is 0 Å². The van der Waals surface area contributed by atoms with E-state index in [1.165, 1.54) is 0 Å². The Bertz CT molecular complexity index is 209. The molecule has 1 aliphatic rings. The highest BCUT2D eigenvalue weighted by molar-refractivity contribution is 4.81. The smallest absolute Gasteiger partial charge is 0.257 e. The molecule has 1 aliphatic heterocycles. The predicted molar refractivity (Wildman–Crippen MR) is 50.0 cm³/mol. The van der Waals surface area contributed by atoms with Gasteiger partial charge >= 0.3 is 0 Å². The van der Waals surface area contributed by atoms with Crippen LogP contribution in [0.1, 0.15) is 26.2 Å². The molecule has 1 fully saturated rings. The lowest BCUT2D eigenvalue weighted by atomic mass is 9.94. The fourth-order valence-corrected chi connectivity index (χ4v) is 1.87. The van der Waals surface area contributed by atoms with Gasteiger partial charge in [-0.15, -0.1) is 0 Å². The number of halogens is 2. The molecule has 2 nitrogen and oxygen atoms in total. The van der Waals surface area contributed by atoms with E-state index >= 15 is 0 Å². The number of nitriles is 1. The summed E-state index contributed by atoms with van der Waals surface area (Å²) in [6.07, 6.45) is 2.32. The maximum atomic E-state index is 12.7. The molecule has 0 aromatic heterocycles. The highest BCUT2D eigenvalue weighted by atomic mass is 19.3. The van der Waals surface area contributed by atoms with Crippen LogP contribution in [0.5, 0.6) is 0 Å². The van der Waals surface area contributed by atoms with Gasteiger partial charge in [0.05, 0.1) is 12.6 Å².